The standard InChI is InChI=1S/C13H18O7S/c14-13(15)10-19-7-6-18-8-9-20-21(16,17)11-12-4-2-1-3-5-12/h1-5H,6-11H2,(H,14,15). The summed E-state index contributed by atoms with van der Waals surface area (Å²) >= 11 is 0. The van der Waals surface area contributed by atoms with Crippen LogP contribution in [0.4, 0.5) is 0 Å². The van der Waals surface area contributed by atoms with Crippen LogP contribution in [0.25, 0.3) is 0 Å². The molecule has 0 aliphatic heterocycles. The molecule has 0 saturated carbocycles. The van der Waals surface area contributed by atoms with E-state index in [0.717, 1.165) is 0 Å². The van der Waals surface area contributed by atoms with E-state index >= 15 is 0 Å². The van der Waals surface area contributed by atoms with E-state index in [2.05, 4.69) is 0 Å². The highest BCUT2D eigenvalue weighted by atomic mass is 32.2. The second-order valence-corrected chi connectivity index (χ2v) is 5.71. The van der Waals surface area contributed by atoms with Crippen molar-refractivity contribution in [3.05, 3.63) is 35.9 Å². The minimum absolute atomic E-state index is 0.0877. The summed E-state index contributed by atoms with van der Waals surface area (Å²) in [5.41, 5.74) is 0.653. The van der Waals surface area contributed by atoms with Gasteiger partial charge in [-0.05, 0) is 5.56 Å². The summed E-state index contributed by atoms with van der Waals surface area (Å²) in [5, 5.41) is 8.31. The molecule has 8 heteroatoms. The summed E-state index contributed by atoms with van der Waals surface area (Å²) in [6, 6.07) is 8.72. The van der Waals surface area contributed by atoms with E-state index in [9.17, 15) is 13.2 Å². The Morgan fingerprint density at radius 2 is 1.62 bits per heavy atom. The molecule has 0 fully saturated rings. The maximum Gasteiger partial charge on any atom is 0.329 e. The molecule has 0 atom stereocenters. The lowest BCUT2D eigenvalue weighted by Crippen LogP contribution is -2.15. The summed E-state index contributed by atoms with van der Waals surface area (Å²) in [7, 11) is -3.63. The lowest BCUT2D eigenvalue weighted by molar-refractivity contribution is -0.142. The van der Waals surface area contributed by atoms with E-state index in [0.29, 0.717) is 5.56 Å². The van der Waals surface area contributed by atoms with Crippen LogP contribution in [0.15, 0.2) is 30.3 Å². The van der Waals surface area contributed by atoms with E-state index in [1.807, 2.05) is 0 Å². The molecule has 0 bridgehead atoms. The van der Waals surface area contributed by atoms with Gasteiger partial charge >= 0.3 is 5.97 Å². The van der Waals surface area contributed by atoms with Gasteiger partial charge in [0.1, 0.15) is 12.4 Å². The van der Waals surface area contributed by atoms with Crippen LogP contribution >= 0.6 is 0 Å². The molecule has 0 spiro atoms. The highest BCUT2D eigenvalue weighted by molar-refractivity contribution is 7.85. The number of carbonyl (C=O) groups is 1. The van der Waals surface area contributed by atoms with Gasteiger partial charge in [-0.1, -0.05) is 30.3 Å². The van der Waals surface area contributed by atoms with E-state index in [1.165, 1.54) is 0 Å². The first-order chi connectivity index (χ1) is 9.99. The molecule has 0 amide bonds. The van der Waals surface area contributed by atoms with Crippen LogP contribution in [-0.2, 0) is 34.3 Å². The van der Waals surface area contributed by atoms with E-state index < -0.39 is 16.1 Å². The van der Waals surface area contributed by atoms with Gasteiger partial charge in [-0.25, -0.2) is 4.79 Å². The molecule has 0 aliphatic rings. The van der Waals surface area contributed by atoms with Crippen LogP contribution in [0.2, 0.25) is 0 Å². The number of hydrogen-bond donors (Lipinski definition) is 1. The lowest BCUT2D eigenvalue weighted by atomic mass is 10.2. The fourth-order valence-electron chi connectivity index (χ4n) is 1.42. The smallest absolute Gasteiger partial charge is 0.329 e. The first kappa shape index (κ1) is 17.6. The zero-order valence-electron chi connectivity index (χ0n) is 11.4. The summed E-state index contributed by atoms with van der Waals surface area (Å²) in [5.74, 6) is -1.24. The van der Waals surface area contributed by atoms with Crippen molar-refractivity contribution in [1.82, 2.24) is 0 Å². The molecule has 1 aromatic carbocycles. The average Bonchev–Trinajstić information content (AvgIpc) is 2.42. The van der Waals surface area contributed by atoms with Crippen LogP contribution < -0.4 is 0 Å². The van der Waals surface area contributed by atoms with Crippen molar-refractivity contribution in [3.63, 3.8) is 0 Å². The second-order valence-electron chi connectivity index (χ2n) is 4.07. The zero-order chi connectivity index (χ0) is 15.6. The van der Waals surface area contributed by atoms with E-state index in [4.69, 9.17) is 18.8 Å². The van der Waals surface area contributed by atoms with Crippen molar-refractivity contribution in [1.29, 1.82) is 0 Å². The molecule has 1 rings (SSSR count). The third kappa shape index (κ3) is 9.14. The molecule has 1 aromatic rings. The highest BCUT2D eigenvalue weighted by Crippen LogP contribution is 2.06. The number of aliphatic carboxylic acids is 1. The van der Waals surface area contributed by atoms with Crippen molar-refractivity contribution in [2.75, 3.05) is 33.0 Å². The van der Waals surface area contributed by atoms with Gasteiger partial charge in [0.2, 0.25) is 0 Å². The Kier molecular flexibility index (Phi) is 7.91. The van der Waals surface area contributed by atoms with Crippen molar-refractivity contribution >= 4 is 16.1 Å². The van der Waals surface area contributed by atoms with E-state index in [1.54, 1.807) is 30.3 Å². The summed E-state index contributed by atoms with van der Waals surface area (Å²) in [6.07, 6.45) is 0. The first-order valence-corrected chi connectivity index (χ1v) is 7.85. The molecule has 21 heavy (non-hydrogen) atoms. The zero-order valence-corrected chi connectivity index (χ0v) is 12.3. The molecular weight excluding hydrogens is 300 g/mol. The molecular formula is C13H18O7S. The van der Waals surface area contributed by atoms with E-state index in [-0.39, 0.29) is 38.8 Å². The normalized spacial score (nSPS) is 11.4. The Hall–Kier alpha value is -1.48. The topological polar surface area (TPSA) is 99.1 Å². The van der Waals surface area contributed by atoms with Crippen LogP contribution in [0.1, 0.15) is 5.56 Å². The number of carboxylic acid groups (broad SMARTS) is 1. The molecule has 0 heterocycles. The third-order valence-electron chi connectivity index (χ3n) is 2.27. The Morgan fingerprint density at radius 3 is 2.29 bits per heavy atom. The van der Waals surface area contributed by atoms with Crippen molar-refractivity contribution in [2.45, 2.75) is 5.75 Å². The predicted octanol–water partition coefficient (Wildman–Crippen LogP) is 0.651. The maximum atomic E-state index is 11.6. The number of hydrogen-bond acceptors (Lipinski definition) is 6. The van der Waals surface area contributed by atoms with Crippen LogP contribution in [0, 0.1) is 0 Å². The second kappa shape index (κ2) is 9.46. The Bertz CT molecular complexity index is 513. The molecule has 0 aliphatic carbocycles. The Labute approximate surface area is 123 Å². The van der Waals surface area contributed by atoms with Crippen LogP contribution in [-0.4, -0.2) is 52.5 Å². The van der Waals surface area contributed by atoms with Gasteiger partial charge in [-0.2, -0.15) is 8.42 Å². The number of ether oxygens (including phenoxy) is 2. The average molecular weight is 318 g/mol. The lowest BCUT2D eigenvalue weighted by Gasteiger charge is -2.07. The molecule has 118 valence electrons. The number of rotatable bonds is 11. The molecule has 7 nitrogen and oxygen atoms in total. The molecule has 0 radical (unpaired) electrons. The first-order valence-electron chi connectivity index (χ1n) is 6.28. The van der Waals surface area contributed by atoms with Crippen molar-refractivity contribution in [3.8, 4) is 0 Å². The van der Waals surface area contributed by atoms with Gasteiger partial charge in [0.15, 0.2) is 0 Å². The summed E-state index contributed by atoms with van der Waals surface area (Å²) in [4.78, 5) is 10.1. The van der Waals surface area contributed by atoms with Crippen LogP contribution in [0.3, 0.4) is 0 Å². The fraction of sp³-hybridized carbons (Fsp3) is 0.462. The molecule has 0 unspecified atom stereocenters. The fourth-order valence-corrected chi connectivity index (χ4v) is 2.43. The number of benzene rings is 1. The van der Waals surface area contributed by atoms with Gasteiger partial charge in [0.05, 0.1) is 26.4 Å². The van der Waals surface area contributed by atoms with Crippen LogP contribution in [0.5, 0.6) is 0 Å². The maximum absolute atomic E-state index is 11.6. The Morgan fingerprint density at radius 1 is 1.00 bits per heavy atom. The highest BCUT2D eigenvalue weighted by Gasteiger charge is 2.11. The number of carboxylic acids is 1. The SMILES string of the molecule is O=C(O)COCCOCCOS(=O)(=O)Cc1ccccc1. The van der Waals surface area contributed by atoms with Gasteiger partial charge in [0.25, 0.3) is 10.1 Å². The van der Waals surface area contributed by atoms with Gasteiger partial charge in [0, 0.05) is 0 Å². The van der Waals surface area contributed by atoms with Gasteiger partial charge in [-0.3, -0.25) is 4.18 Å². The third-order valence-corrected chi connectivity index (χ3v) is 3.49. The molecule has 0 aromatic heterocycles. The quantitative estimate of drug-likeness (QED) is 0.472. The van der Waals surface area contributed by atoms with Crippen molar-refractivity contribution < 1.29 is 32.0 Å². The van der Waals surface area contributed by atoms with Gasteiger partial charge in [-0.15, -0.1) is 0 Å². The predicted molar refractivity (Wildman–Crippen MR) is 74.3 cm³/mol. The van der Waals surface area contributed by atoms with Gasteiger partial charge < -0.3 is 14.6 Å². The summed E-state index contributed by atoms with van der Waals surface area (Å²) < 4.78 is 37.9. The molecule has 1 N–H and O–H groups in total. The minimum Gasteiger partial charge on any atom is -0.480 e. The molecule has 0 saturated heterocycles. The van der Waals surface area contributed by atoms with Crippen molar-refractivity contribution in [2.24, 2.45) is 0 Å². The monoisotopic (exact) mass is 318 g/mol. The largest absolute Gasteiger partial charge is 0.480 e. The Balaban J connectivity index is 2.10. The summed E-state index contributed by atoms with van der Waals surface area (Å²) in [6.45, 7) is -0.0810. The minimum atomic E-state index is -3.63.